The summed E-state index contributed by atoms with van der Waals surface area (Å²) < 4.78 is 74.1. The van der Waals surface area contributed by atoms with Gasteiger partial charge in [-0.05, 0) is 84.9 Å². The van der Waals surface area contributed by atoms with Crippen molar-refractivity contribution in [3.05, 3.63) is 164 Å². The molecule has 0 bridgehead atoms. The van der Waals surface area contributed by atoms with Crippen molar-refractivity contribution in [1.29, 1.82) is 0 Å². The predicted molar refractivity (Wildman–Crippen MR) is 217 cm³/mol. The van der Waals surface area contributed by atoms with Gasteiger partial charge in [-0.2, -0.15) is 21.6 Å². The third-order valence-electron chi connectivity index (χ3n) is 9.19. The largest absolute Gasteiger partial charge is 0.534 e. The van der Waals surface area contributed by atoms with Gasteiger partial charge in [0, 0.05) is 58.4 Å². The van der Waals surface area contributed by atoms with Crippen molar-refractivity contribution in [3.63, 3.8) is 0 Å². The number of alkyl halides is 3. The van der Waals surface area contributed by atoms with Crippen molar-refractivity contribution < 1.29 is 25.8 Å². The van der Waals surface area contributed by atoms with Crippen molar-refractivity contribution in [2.45, 2.75) is 5.51 Å². The molecule has 0 radical (unpaired) electrons. The zero-order valence-electron chi connectivity index (χ0n) is 28.1. The normalized spacial score (nSPS) is 12.1. The maximum Gasteiger partial charge on any atom is 0.534 e. The second kappa shape index (κ2) is 13.2. The molecule has 2 aromatic heterocycles. The van der Waals surface area contributed by atoms with Crippen LogP contribution in [0.4, 0.5) is 47.3 Å². The second-order valence-corrected chi connectivity index (χ2v) is 16.2. The highest BCUT2D eigenvalue weighted by Gasteiger charge is 2.49. The van der Waals surface area contributed by atoms with Gasteiger partial charge < -0.3 is 14.0 Å². The highest BCUT2D eigenvalue weighted by atomic mass is 32.2. The first-order chi connectivity index (χ1) is 26.2. The third-order valence-corrected chi connectivity index (χ3v) is 12.5. The standard InChI is InChI=1S/C43H27F3N2O3S3/c44-43(45,46)54(49,50)51-36-25-24-35(47(28-13-4-1-5-14-28)29-15-6-2-7-16-29)41-33-27-31(23-26-38(33)53-42(36)41)48(30-17-8-3-9-18-30)34-20-12-22-39-40(34)32-19-10-11-21-37(32)52-39/h1-27H. The van der Waals surface area contributed by atoms with Crippen LogP contribution in [0.3, 0.4) is 0 Å². The third kappa shape index (κ3) is 5.81. The van der Waals surface area contributed by atoms with Gasteiger partial charge in [0.05, 0.1) is 16.1 Å². The van der Waals surface area contributed by atoms with Gasteiger partial charge >= 0.3 is 15.6 Å². The minimum absolute atomic E-state index is 0.265. The van der Waals surface area contributed by atoms with Crippen LogP contribution in [0.15, 0.2) is 164 Å². The molecule has 5 nitrogen and oxygen atoms in total. The number of thiophene rings is 2. The summed E-state index contributed by atoms with van der Waals surface area (Å²) in [4.78, 5) is 4.20. The lowest BCUT2D eigenvalue weighted by Crippen LogP contribution is -2.28. The van der Waals surface area contributed by atoms with E-state index in [1.807, 2.05) is 132 Å². The molecule has 11 heteroatoms. The van der Waals surface area contributed by atoms with Gasteiger partial charge in [0.1, 0.15) is 0 Å². The topological polar surface area (TPSA) is 49.9 Å². The number of benzene rings is 7. The van der Waals surface area contributed by atoms with E-state index in [0.29, 0.717) is 11.1 Å². The highest BCUT2D eigenvalue weighted by molar-refractivity contribution is 7.88. The first-order valence-electron chi connectivity index (χ1n) is 16.8. The Kier molecular flexibility index (Phi) is 8.30. The molecule has 266 valence electrons. The van der Waals surface area contributed by atoms with Gasteiger partial charge in [-0.25, -0.2) is 0 Å². The van der Waals surface area contributed by atoms with Crippen LogP contribution in [0.1, 0.15) is 0 Å². The first kappa shape index (κ1) is 33.9. The molecule has 54 heavy (non-hydrogen) atoms. The Morgan fingerprint density at radius 1 is 0.481 bits per heavy atom. The van der Waals surface area contributed by atoms with Crippen molar-refractivity contribution in [2.24, 2.45) is 0 Å². The average Bonchev–Trinajstić information content (AvgIpc) is 3.76. The molecule has 2 heterocycles. The molecule has 0 aliphatic heterocycles. The molecule has 9 rings (SSSR count). The fourth-order valence-electron chi connectivity index (χ4n) is 6.91. The number of anilines is 6. The number of nitrogens with zero attached hydrogens (tertiary/aromatic N) is 2. The van der Waals surface area contributed by atoms with Gasteiger partial charge in [-0.3, -0.25) is 0 Å². The number of fused-ring (bicyclic) bond motifs is 6. The Labute approximate surface area is 316 Å². The number of rotatable bonds is 8. The summed E-state index contributed by atoms with van der Waals surface area (Å²) in [5, 5.41) is 3.50. The molecule has 0 amide bonds. The highest BCUT2D eigenvalue weighted by Crippen LogP contribution is 2.51. The lowest BCUT2D eigenvalue weighted by atomic mass is 10.0. The Bertz CT molecular complexity index is 2890. The Morgan fingerprint density at radius 2 is 1.02 bits per heavy atom. The van der Waals surface area contributed by atoms with E-state index in [0.717, 1.165) is 54.0 Å². The Hall–Kier alpha value is -5.88. The maximum atomic E-state index is 13.7. The van der Waals surface area contributed by atoms with Crippen molar-refractivity contribution in [3.8, 4) is 5.75 Å². The summed E-state index contributed by atoms with van der Waals surface area (Å²) in [6.07, 6.45) is 0. The molecule has 0 aliphatic carbocycles. The van der Waals surface area contributed by atoms with Crippen LogP contribution in [-0.4, -0.2) is 13.9 Å². The van der Waals surface area contributed by atoms with E-state index in [9.17, 15) is 21.6 Å². The van der Waals surface area contributed by atoms with E-state index < -0.39 is 21.4 Å². The minimum Gasteiger partial charge on any atom is -0.374 e. The second-order valence-electron chi connectivity index (χ2n) is 12.5. The average molecular weight is 773 g/mol. The molecular weight excluding hydrogens is 746 g/mol. The quantitative estimate of drug-likeness (QED) is 0.114. The van der Waals surface area contributed by atoms with E-state index in [-0.39, 0.29) is 4.70 Å². The predicted octanol–water partition coefficient (Wildman–Crippen LogP) is 13.6. The smallest absolute Gasteiger partial charge is 0.374 e. The van der Waals surface area contributed by atoms with Crippen LogP contribution < -0.4 is 14.0 Å². The molecule has 0 aliphatic rings. The summed E-state index contributed by atoms with van der Waals surface area (Å²) in [5.74, 6) is -0.399. The van der Waals surface area contributed by atoms with E-state index in [1.54, 1.807) is 17.4 Å². The van der Waals surface area contributed by atoms with Crippen LogP contribution >= 0.6 is 22.7 Å². The molecule has 0 fully saturated rings. The summed E-state index contributed by atoms with van der Waals surface area (Å²) in [7, 11) is -5.96. The number of hydrogen-bond acceptors (Lipinski definition) is 7. The molecule has 0 spiro atoms. The van der Waals surface area contributed by atoms with Gasteiger partial charge in [0.25, 0.3) is 0 Å². The zero-order chi connectivity index (χ0) is 37.0. The first-order valence-corrected chi connectivity index (χ1v) is 19.9. The summed E-state index contributed by atoms with van der Waals surface area (Å²) in [5.41, 5.74) is -0.675. The lowest BCUT2D eigenvalue weighted by molar-refractivity contribution is -0.0499. The van der Waals surface area contributed by atoms with Crippen molar-refractivity contribution in [1.82, 2.24) is 0 Å². The molecule has 0 atom stereocenters. The summed E-state index contributed by atoms with van der Waals surface area (Å²) in [6, 6.07) is 52.6. The Balaban J connectivity index is 1.34. The van der Waals surface area contributed by atoms with Gasteiger partial charge in [0.15, 0.2) is 5.75 Å². The molecule has 0 N–H and O–H groups in total. The van der Waals surface area contributed by atoms with Crippen LogP contribution in [0.25, 0.3) is 40.3 Å². The van der Waals surface area contributed by atoms with Gasteiger partial charge in [0.2, 0.25) is 0 Å². The van der Waals surface area contributed by atoms with E-state index in [4.69, 9.17) is 4.18 Å². The minimum atomic E-state index is -5.96. The summed E-state index contributed by atoms with van der Waals surface area (Å²) in [6.45, 7) is 0. The number of para-hydroxylation sites is 3. The Morgan fingerprint density at radius 3 is 1.65 bits per heavy atom. The lowest BCUT2D eigenvalue weighted by Gasteiger charge is -2.27. The molecule has 0 saturated carbocycles. The fourth-order valence-corrected chi connectivity index (χ4v) is 9.71. The molecule has 9 aromatic rings. The molecule has 0 unspecified atom stereocenters. The van der Waals surface area contributed by atoms with Gasteiger partial charge in [-0.1, -0.05) is 78.9 Å². The van der Waals surface area contributed by atoms with E-state index in [1.165, 1.54) is 22.1 Å². The molecule has 7 aromatic carbocycles. The number of halogens is 3. The van der Waals surface area contributed by atoms with Crippen molar-refractivity contribution in [2.75, 3.05) is 9.80 Å². The van der Waals surface area contributed by atoms with Crippen LogP contribution in [-0.2, 0) is 10.1 Å². The van der Waals surface area contributed by atoms with E-state index >= 15 is 0 Å². The molecular formula is C43H27F3N2O3S3. The maximum absolute atomic E-state index is 13.7. The van der Waals surface area contributed by atoms with Crippen LogP contribution in [0.5, 0.6) is 5.75 Å². The number of hydrogen-bond donors (Lipinski definition) is 0. The molecule has 0 saturated heterocycles. The van der Waals surface area contributed by atoms with Crippen LogP contribution in [0, 0.1) is 0 Å². The SMILES string of the molecule is O=S(=O)(Oc1ccc(N(c2ccccc2)c2ccccc2)c2c1sc1ccc(N(c3ccccc3)c3cccc4sc5ccccc5c34)cc12)C(F)(F)F. The zero-order valence-corrected chi connectivity index (χ0v) is 30.5. The van der Waals surface area contributed by atoms with Crippen molar-refractivity contribution >= 4 is 107 Å². The van der Waals surface area contributed by atoms with Crippen LogP contribution in [0.2, 0.25) is 0 Å². The summed E-state index contributed by atoms with van der Waals surface area (Å²) >= 11 is 2.90. The van der Waals surface area contributed by atoms with E-state index in [2.05, 4.69) is 29.2 Å². The fraction of sp³-hybridized carbons (Fsp3) is 0.0233. The monoisotopic (exact) mass is 772 g/mol. The van der Waals surface area contributed by atoms with Gasteiger partial charge in [-0.15, -0.1) is 22.7 Å².